The summed E-state index contributed by atoms with van der Waals surface area (Å²) in [6.07, 6.45) is -4.47. The summed E-state index contributed by atoms with van der Waals surface area (Å²) in [7, 11) is 0. The molecule has 21 heavy (non-hydrogen) atoms. The number of rotatable bonds is 3. The topological polar surface area (TPSA) is 17.1 Å². The van der Waals surface area contributed by atoms with Crippen LogP contribution in [0.2, 0.25) is 0 Å². The van der Waals surface area contributed by atoms with Gasteiger partial charge in [-0.15, -0.1) is 0 Å². The number of alkyl halides is 3. The van der Waals surface area contributed by atoms with Gasteiger partial charge in [-0.25, -0.2) is 4.39 Å². The number of benzene rings is 2. The van der Waals surface area contributed by atoms with E-state index in [4.69, 9.17) is 0 Å². The molecule has 2 rings (SSSR count). The highest BCUT2D eigenvalue weighted by Gasteiger charge is 2.29. The normalized spacial score (nSPS) is 11.5. The van der Waals surface area contributed by atoms with E-state index in [1.54, 1.807) is 13.0 Å². The Bertz CT molecular complexity index is 637. The van der Waals surface area contributed by atoms with Crippen LogP contribution >= 0.6 is 0 Å². The van der Waals surface area contributed by atoms with Crippen molar-refractivity contribution < 1.29 is 22.4 Å². The number of Topliss-reactive ketones (excluding diaryl/α,β-unsaturated/α-hetero) is 1. The van der Waals surface area contributed by atoms with Crippen LogP contribution in [0, 0.1) is 12.7 Å². The molecule has 0 amide bonds. The van der Waals surface area contributed by atoms with Crippen LogP contribution in [0.25, 0.3) is 0 Å². The Morgan fingerprint density at radius 2 is 1.67 bits per heavy atom. The summed E-state index contributed by atoms with van der Waals surface area (Å²) < 4.78 is 50.5. The summed E-state index contributed by atoms with van der Waals surface area (Å²) in [5.41, 5.74) is 0.522. The Kier molecular flexibility index (Phi) is 4.11. The van der Waals surface area contributed by atoms with E-state index >= 15 is 0 Å². The van der Waals surface area contributed by atoms with Gasteiger partial charge in [0, 0.05) is 12.0 Å². The van der Waals surface area contributed by atoms with Crippen LogP contribution in [0.1, 0.15) is 27.0 Å². The highest BCUT2D eigenvalue weighted by molar-refractivity contribution is 5.97. The molecule has 0 saturated carbocycles. The van der Waals surface area contributed by atoms with Gasteiger partial charge in [-0.2, -0.15) is 13.2 Å². The van der Waals surface area contributed by atoms with Gasteiger partial charge in [0.1, 0.15) is 5.82 Å². The number of hydrogen-bond acceptors (Lipinski definition) is 1. The number of aryl methyl sites for hydroxylation is 1. The minimum absolute atomic E-state index is 0.0684. The van der Waals surface area contributed by atoms with E-state index in [9.17, 15) is 22.4 Å². The molecule has 0 spiro atoms. The Labute approximate surface area is 119 Å². The quantitative estimate of drug-likeness (QED) is 0.598. The van der Waals surface area contributed by atoms with Gasteiger partial charge in [0.25, 0.3) is 0 Å². The monoisotopic (exact) mass is 296 g/mol. The second-order valence-corrected chi connectivity index (χ2v) is 4.81. The first-order chi connectivity index (χ1) is 9.75. The Morgan fingerprint density at radius 3 is 2.19 bits per heavy atom. The van der Waals surface area contributed by atoms with Gasteiger partial charge in [0.15, 0.2) is 5.78 Å². The van der Waals surface area contributed by atoms with Crippen LogP contribution in [-0.4, -0.2) is 5.78 Å². The Balaban J connectivity index is 2.16. The van der Waals surface area contributed by atoms with Crippen molar-refractivity contribution in [2.24, 2.45) is 0 Å². The van der Waals surface area contributed by atoms with Crippen LogP contribution in [0.3, 0.4) is 0 Å². The fourth-order valence-corrected chi connectivity index (χ4v) is 2.00. The Hall–Kier alpha value is -2.17. The van der Waals surface area contributed by atoms with Crippen molar-refractivity contribution in [1.29, 1.82) is 0 Å². The maximum atomic E-state index is 13.2. The van der Waals surface area contributed by atoms with Gasteiger partial charge < -0.3 is 0 Å². The van der Waals surface area contributed by atoms with Crippen molar-refractivity contribution in [3.8, 4) is 0 Å². The van der Waals surface area contributed by atoms with Crippen LogP contribution in [0.4, 0.5) is 17.6 Å². The maximum Gasteiger partial charge on any atom is 0.416 e. The SMILES string of the molecule is Cc1cc(F)cc(C(=O)Cc2ccc(C(F)(F)F)cc2)c1. The third-order valence-corrected chi connectivity index (χ3v) is 3.01. The fraction of sp³-hybridized carbons (Fsp3) is 0.188. The lowest BCUT2D eigenvalue weighted by molar-refractivity contribution is -0.137. The number of ketones is 1. The molecule has 0 aliphatic carbocycles. The predicted octanol–water partition coefficient (Wildman–Crippen LogP) is 4.58. The zero-order chi connectivity index (χ0) is 15.6. The molecule has 0 aromatic heterocycles. The van der Waals surface area contributed by atoms with Crippen LogP contribution in [0.15, 0.2) is 42.5 Å². The molecule has 2 aromatic carbocycles. The maximum absolute atomic E-state index is 13.2. The van der Waals surface area contributed by atoms with E-state index in [0.717, 1.165) is 18.2 Å². The summed E-state index contributed by atoms with van der Waals surface area (Å²) >= 11 is 0. The summed E-state index contributed by atoms with van der Waals surface area (Å²) in [6.45, 7) is 1.66. The first-order valence-corrected chi connectivity index (χ1v) is 6.22. The molecular formula is C16H12F4O. The van der Waals surface area contributed by atoms with Crippen molar-refractivity contribution in [3.05, 3.63) is 70.5 Å². The number of halogens is 4. The third kappa shape index (κ3) is 3.90. The van der Waals surface area contributed by atoms with Gasteiger partial charge in [-0.3, -0.25) is 4.79 Å². The second kappa shape index (κ2) is 5.68. The summed E-state index contributed by atoms with van der Waals surface area (Å²) in [5, 5.41) is 0. The molecule has 0 atom stereocenters. The molecular weight excluding hydrogens is 284 g/mol. The molecule has 0 N–H and O–H groups in total. The van der Waals surface area contributed by atoms with Crippen molar-refractivity contribution in [1.82, 2.24) is 0 Å². The van der Waals surface area contributed by atoms with Gasteiger partial charge in [-0.05, 0) is 48.4 Å². The summed E-state index contributed by atoms with van der Waals surface area (Å²) in [4.78, 5) is 12.0. The van der Waals surface area contributed by atoms with Gasteiger partial charge >= 0.3 is 6.18 Å². The molecule has 1 nitrogen and oxygen atoms in total. The highest BCUT2D eigenvalue weighted by Crippen LogP contribution is 2.29. The first kappa shape index (κ1) is 15.2. The second-order valence-electron chi connectivity index (χ2n) is 4.81. The van der Waals surface area contributed by atoms with Crippen molar-refractivity contribution >= 4 is 5.78 Å². The molecule has 0 radical (unpaired) electrons. The van der Waals surface area contributed by atoms with Gasteiger partial charge in [-0.1, -0.05) is 12.1 Å². The lowest BCUT2D eigenvalue weighted by Crippen LogP contribution is -2.07. The van der Waals surface area contributed by atoms with Crippen molar-refractivity contribution in [2.75, 3.05) is 0 Å². The average molecular weight is 296 g/mol. The minimum atomic E-state index is -4.40. The molecule has 0 saturated heterocycles. The molecule has 0 unspecified atom stereocenters. The largest absolute Gasteiger partial charge is 0.416 e. The van der Waals surface area contributed by atoms with Crippen molar-refractivity contribution in [2.45, 2.75) is 19.5 Å². The zero-order valence-corrected chi connectivity index (χ0v) is 11.2. The van der Waals surface area contributed by atoms with Crippen LogP contribution < -0.4 is 0 Å². The van der Waals surface area contributed by atoms with Crippen LogP contribution in [-0.2, 0) is 12.6 Å². The lowest BCUT2D eigenvalue weighted by Gasteiger charge is -2.07. The zero-order valence-electron chi connectivity index (χ0n) is 11.2. The fourth-order valence-electron chi connectivity index (χ4n) is 2.00. The minimum Gasteiger partial charge on any atom is -0.294 e. The number of hydrogen-bond donors (Lipinski definition) is 0. The van der Waals surface area contributed by atoms with Crippen LogP contribution in [0.5, 0.6) is 0 Å². The molecule has 0 aliphatic rings. The van der Waals surface area contributed by atoms with E-state index in [-0.39, 0.29) is 17.8 Å². The van der Waals surface area contributed by atoms with Crippen molar-refractivity contribution in [3.63, 3.8) is 0 Å². The molecule has 0 bridgehead atoms. The molecule has 2 aromatic rings. The molecule has 5 heteroatoms. The molecule has 0 fully saturated rings. The van der Waals surface area contributed by atoms with E-state index in [0.29, 0.717) is 11.1 Å². The van der Waals surface area contributed by atoms with E-state index < -0.39 is 17.6 Å². The molecule has 0 heterocycles. The number of carbonyl (C=O) groups is 1. The highest BCUT2D eigenvalue weighted by atomic mass is 19.4. The third-order valence-electron chi connectivity index (χ3n) is 3.01. The summed E-state index contributed by atoms with van der Waals surface area (Å²) in [6, 6.07) is 8.35. The lowest BCUT2D eigenvalue weighted by atomic mass is 10.0. The van der Waals surface area contributed by atoms with E-state index in [1.807, 2.05) is 0 Å². The van der Waals surface area contributed by atoms with Gasteiger partial charge in [0.05, 0.1) is 5.56 Å². The van der Waals surface area contributed by atoms with E-state index in [1.165, 1.54) is 18.2 Å². The Morgan fingerprint density at radius 1 is 1.05 bits per heavy atom. The summed E-state index contributed by atoms with van der Waals surface area (Å²) in [5.74, 6) is -0.844. The number of carbonyl (C=O) groups excluding carboxylic acids is 1. The predicted molar refractivity (Wildman–Crippen MR) is 70.6 cm³/mol. The van der Waals surface area contributed by atoms with E-state index in [2.05, 4.69) is 0 Å². The average Bonchev–Trinajstić information content (AvgIpc) is 2.37. The van der Waals surface area contributed by atoms with Gasteiger partial charge in [0.2, 0.25) is 0 Å². The molecule has 0 aliphatic heterocycles. The standard InChI is InChI=1S/C16H12F4O/c1-10-6-12(9-14(17)7-10)15(21)8-11-2-4-13(5-3-11)16(18,19)20/h2-7,9H,8H2,1H3. The molecule has 110 valence electrons. The first-order valence-electron chi connectivity index (χ1n) is 6.22. The smallest absolute Gasteiger partial charge is 0.294 e.